The fourth-order valence-corrected chi connectivity index (χ4v) is 4.87. The van der Waals surface area contributed by atoms with E-state index in [1.165, 1.54) is 17.0 Å². The van der Waals surface area contributed by atoms with E-state index < -0.39 is 10.0 Å². The van der Waals surface area contributed by atoms with Gasteiger partial charge in [0.15, 0.2) is 5.65 Å². The molecule has 0 radical (unpaired) electrons. The molecule has 10 nitrogen and oxygen atoms in total. The average Bonchev–Trinajstić information content (AvgIpc) is 3.06. The van der Waals surface area contributed by atoms with Gasteiger partial charge in [-0.25, -0.2) is 8.42 Å². The topological polar surface area (TPSA) is 105 Å². The van der Waals surface area contributed by atoms with Crippen molar-refractivity contribution in [3.8, 4) is 0 Å². The summed E-state index contributed by atoms with van der Waals surface area (Å²) in [5, 5.41) is 8.56. The van der Waals surface area contributed by atoms with Gasteiger partial charge >= 0.3 is 0 Å². The van der Waals surface area contributed by atoms with Gasteiger partial charge in [0.1, 0.15) is 5.82 Å². The number of anilines is 2. The van der Waals surface area contributed by atoms with Crippen LogP contribution in [0.25, 0.3) is 11.0 Å². The Kier molecular flexibility index (Phi) is 5.63. The number of rotatable bonds is 5. The molecule has 0 bridgehead atoms. The van der Waals surface area contributed by atoms with Crippen molar-refractivity contribution in [2.45, 2.75) is 25.9 Å². The number of hydrogen-bond acceptors (Lipinski definition) is 8. The van der Waals surface area contributed by atoms with Gasteiger partial charge in [0.2, 0.25) is 16.0 Å². The van der Waals surface area contributed by atoms with Crippen LogP contribution < -0.4 is 10.2 Å². The van der Waals surface area contributed by atoms with E-state index in [4.69, 9.17) is 9.72 Å². The molecule has 0 amide bonds. The van der Waals surface area contributed by atoms with Gasteiger partial charge in [-0.3, -0.25) is 4.68 Å². The summed E-state index contributed by atoms with van der Waals surface area (Å²) < 4.78 is 32.6. The predicted molar refractivity (Wildman–Crippen MR) is 112 cm³/mol. The molecule has 29 heavy (non-hydrogen) atoms. The zero-order valence-electron chi connectivity index (χ0n) is 17.2. The lowest BCUT2D eigenvalue weighted by atomic mass is 10.0. The summed E-state index contributed by atoms with van der Waals surface area (Å²) in [6.07, 6.45) is 5.18. The van der Waals surface area contributed by atoms with Crippen molar-refractivity contribution in [2.24, 2.45) is 13.0 Å². The summed E-state index contributed by atoms with van der Waals surface area (Å²) >= 11 is 0. The molecule has 160 valence electrons. The van der Waals surface area contributed by atoms with Gasteiger partial charge in [-0.05, 0) is 18.8 Å². The molecule has 0 aromatic carbocycles. The number of hydrogen-bond donors (Lipinski definition) is 1. The third kappa shape index (κ3) is 4.46. The summed E-state index contributed by atoms with van der Waals surface area (Å²) in [4.78, 5) is 11.7. The maximum atomic E-state index is 11.8. The van der Waals surface area contributed by atoms with Crippen molar-refractivity contribution >= 4 is 32.8 Å². The van der Waals surface area contributed by atoms with Crippen LogP contribution in [0.4, 0.5) is 11.8 Å². The van der Waals surface area contributed by atoms with Crippen LogP contribution in [0.2, 0.25) is 0 Å². The highest BCUT2D eigenvalue weighted by atomic mass is 32.2. The van der Waals surface area contributed by atoms with E-state index in [0.29, 0.717) is 38.1 Å². The van der Waals surface area contributed by atoms with Crippen LogP contribution in [0.15, 0.2) is 6.20 Å². The van der Waals surface area contributed by atoms with Gasteiger partial charge in [0.05, 0.1) is 30.5 Å². The SMILES string of the molecule is C[C@@H]1CCCN(c2nc(NCC3CN(S(C)(=O)=O)CCO3)nc3c2cnn3C)C1. The van der Waals surface area contributed by atoms with Crippen LogP contribution in [-0.4, -0.2) is 84.2 Å². The zero-order chi connectivity index (χ0) is 20.6. The van der Waals surface area contributed by atoms with Gasteiger partial charge in [-0.15, -0.1) is 0 Å². The van der Waals surface area contributed by atoms with Crippen LogP contribution in [0.5, 0.6) is 0 Å². The summed E-state index contributed by atoms with van der Waals surface area (Å²) in [7, 11) is -1.35. The number of nitrogens with zero attached hydrogens (tertiary/aromatic N) is 6. The van der Waals surface area contributed by atoms with Crippen LogP contribution in [0.3, 0.4) is 0 Å². The Morgan fingerprint density at radius 3 is 2.86 bits per heavy atom. The molecule has 1 unspecified atom stereocenters. The highest BCUT2D eigenvalue weighted by Gasteiger charge is 2.27. The molecule has 2 aromatic heterocycles. The Labute approximate surface area is 171 Å². The number of sulfonamides is 1. The molecule has 2 aliphatic heterocycles. The molecule has 2 fully saturated rings. The molecule has 0 spiro atoms. The monoisotopic (exact) mass is 423 g/mol. The van der Waals surface area contributed by atoms with Gasteiger partial charge in [-0.2, -0.15) is 19.4 Å². The molecule has 4 heterocycles. The number of ether oxygens (including phenoxy) is 1. The Hall–Kier alpha value is -1.98. The maximum absolute atomic E-state index is 11.8. The first-order valence-electron chi connectivity index (χ1n) is 10.1. The number of fused-ring (bicyclic) bond motifs is 1. The van der Waals surface area contributed by atoms with Crippen LogP contribution >= 0.6 is 0 Å². The van der Waals surface area contributed by atoms with Crippen molar-refractivity contribution in [3.63, 3.8) is 0 Å². The number of aromatic nitrogens is 4. The second-order valence-electron chi connectivity index (χ2n) is 8.06. The Morgan fingerprint density at radius 1 is 1.28 bits per heavy atom. The minimum atomic E-state index is -3.22. The molecule has 0 aliphatic carbocycles. The van der Waals surface area contributed by atoms with Crippen molar-refractivity contribution in [1.29, 1.82) is 0 Å². The van der Waals surface area contributed by atoms with Crippen molar-refractivity contribution in [2.75, 3.05) is 55.8 Å². The standard InChI is InChI=1S/C18H29N7O3S/c1-13-5-4-6-24(11-13)17-15-10-20-23(2)16(15)21-18(22-17)19-9-14-12-25(7-8-28-14)29(3,26)27/h10,13-14H,4-9,11-12H2,1-3H3,(H,19,21,22)/t13-,14?/m1/s1. The number of morpholine rings is 1. The molecule has 4 rings (SSSR count). The minimum absolute atomic E-state index is 0.247. The Morgan fingerprint density at radius 2 is 2.10 bits per heavy atom. The zero-order valence-corrected chi connectivity index (χ0v) is 18.0. The lowest BCUT2D eigenvalue weighted by molar-refractivity contribution is 0.00696. The molecule has 0 saturated carbocycles. The summed E-state index contributed by atoms with van der Waals surface area (Å²) in [6.45, 7) is 5.75. The largest absolute Gasteiger partial charge is 0.374 e. The van der Waals surface area contributed by atoms with Crippen molar-refractivity contribution < 1.29 is 13.2 Å². The van der Waals surface area contributed by atoms with Gasteiger partial charge in [-0.1, -0.05) is 6.92 Å². The molecule has 2 saturated heterocycles. The Balaban J connectivity index is 1.54. The van der Waals surface area contributed by atoms with Gasteiger partial charge in [0.25, 0.3) is 0 Å². The van der Waals surface area contributed by atoms with Crippen LogP contribution in [0, 0.1) is 5.92 Å². The van der Waals surface area contributed by atoms with E-state index in [1.807, 2.05) is 13.2 Å². The molecular formula is C18H29N7O3S. The summed E-state index contributed by atoms with van der Waals surface area (Å²) in [6, 6.07) is 0. The first-order valence-corrected chi connectivity index (χ1v) is 11.9. The van der Waals surface area contributed by atoms with E-state index in [2.05, 4.69) is 27.2 Å². The second-order valence-corrected chi connectivity index (χ2v) is 10.0. The summed E-state index contributed by atoms with van der Waals surface area (Å²) in [5.74, 6) is 2.04. The number of piperidine rings is 1. The van der Waals surface area contributed by atoms with Gasteiger partial charge in [0, 0.05) is 39.8 Å². The van der Waals surface area contributed by atoms with E-state index in [0.717, 1.165) is 36.4 Å². The van der Waals surface area contributed by atoms with E-state index >= 15 is 0 Å². The molecular weight excluding hydrogens is 394 g/mol. The normalized spacial score (nSPS) is 24.2. The molecule has 2 aliphatic rings. The highest BCUT2D eigenvalue weighted by molar-refractivity contribution is 7.88. The molecule has 1 N–H and O–H groups in total. The Bertz CT molecular complexity index is 977. The molecule has 2 aromatic rings. The molecule has 2 atom stereocenters. The average molecular weight is 424 g/mol. The quantitative estimate of drug-likeness (QED) is 0.748. The fraction of sp³-hybridized carbons (Fsp3) is 0.722. The van der Waals surface area contributed by atoms with E-state index in [1.54, 1.807) is 4.68 Å². The number of nitrogens with one attached hydrogen (secondary N) is 1. The first kappa shape index (κ1) is 20.3. The van der Waals surface area contributed by atoms with E-state index in [9.17, 15) is 8.42 Å². The van der Waals surface area contributed by atoms with Crippen LogP contribution in [0.1, 0.15) is 19.8 Å². The van der Waals surface area contributed by atoms with Crippen molar-refractivity contribution in [3.05, 3.63) is 6.20 Å². The first-order chi connectivity index (χ1) is 13.8. The summed E-state index contributed by atoms with van der Waals surface area (Å²) in [5.41, 5.74) is 0.776. The lowest BCUT2D eigenvalue weighted by Gasteiger charge is -2.32. The van der Waals surface area contributed by atoms with Crippen LogP contribution in [-0.2, 0) is 21.8 Å². The van der Waals surface area contributed by atoms with E-state index in [-0.39, 0.29) is 6.10 Å². The molecule has 11 heteroatoms. The third-order valence-electron chi connectivity index (χ3n) is 5.59. The lowest BCUT2D eigenvalue weighted by Crippen LogP contribution is -2.47. The van der Waals surface area contributed by atoms with Crippen molar-refractivity contribution in [1.82, 2.24) is 24.1 Å². The number of aryl methyl sites for hydroxylation is 1. The smallest absolute Gasteiger partial charge is 0.226 e. The predicted octanol–water partition coefficient (Wildman–Crippen LogP) is 0.672. The highest BCUT2D eigenvalue weighted by Crippen LogP contribution is 2.28. The fourth-order valence-electron chi connectivity index (χ4n) is 4.03. The third-order valence-corrected chi connectivity index (χ3v) is 6.86. The van der Waals surface area contributed by atoms with Gasteiger partial charge < -0.3 is 15.0 Å². The maximum Gasteiger partial charge on any atom is 0.226 e. The minimum Gasteiger partial charge on any atom is -0.374 e. The second kappa shape index (κ2) is 8.04.